The summed E-state index contributed by atoms with van der Waals surface area (Å²) in [6.45, 7) is 0.378. The Kier molecular flexibility index (Phi) is 4.10. The second kappa shape index (κ2) is 6.16. The molecule has 1 aliphatic heterocycles. The molecule has 1 aromatic heterocycles. The maximum Gasteiger partial charge on any atom is 0.294 e. The SMILES string of the molecule is O=C1c2oc3c(Cl)cccc3c(=O)c2CCN1c1ccc(Cl)cc1Br. The van der Waals surface area contributed by atoms with Crippen molar-refractivity contribution in [1.29, 1.82) is 0 Å². The quantitative estimate of drug-likeness (QED) is 0.533. The number of amides is 1. The number of rotatable bonds is 1. The van der Waals surface area contributed by atoms with Gasteiger partial charge in [0, 0.05) is 16.0 Å². The van der Waals surface area contributed by atoms with Gasteiger partial charge in [0.2, 0.25) is 0 Å². The lowest BCUT2D eigenvalue weighted by atomic mass is 10.0. The fourth-order valence-corrected chi connectivity index (χ4v) is 4.11. The van der Waals surface area contributed by atoms with E-state index in [1.165, 1.54) is 0 Å². The number of nitrogens with zero attached hydrogens (tertiary/aromatic N) is 1. The van der Waals surface area contributed by atoms with E-state index in [2.05, 4.69) is 15.9 Å². The number of anilines is 1. The van der Waals surface area contributed by atoms with E-state index in [1.54, 1.807) is 41.3 Å². The molecule has 0 saturated carbocycles. The maximum absolute atomic E-state index is 13.0. The zero-order valence-corrected chi connectivity index (χ0v) is 15.8. The van der Waals surface area contributed by atoms with Gasteiger partial charge in [0.25, 0.3) is 5.91 Å². The number of halogens is 3. The van der Waals surface area contributed by atoms with Crippen molar-refractivity contribution in [2.45, 2.75) is 6.42 Å². The van der Waals surface area contributed by atoms with E-state index in [-0.39, 0.29) is 22.7 Å². The van der Waals surface area contributed by atoms with Crippen LogP contribution in [0.3, 0.4) is 0 Å². The normalized spacial score (nSPS) is 14.0. The van der Waals surface area contributed by atoms with Crippen molar-refractivity contribution in [3.63, 3.8) is 0 Å². The molecule has 2 heterocycles. The van der Waals surface area contributed by atoms with Crippen LogP contribution in [-0.4, -0.2) is 12.5 Å². The molecular weight excluding hydrogens is 429 g/mol. The lowest BCUT2D eigenvalue weighted by Crippen LogP contribution is -2.40. The van der Waals surface area contributed by atoms with Crippen LogP contribution in [0.15, 0.2) is 50.1 Å². The van der Waals surface area contributed by atoms with Gasteiger partial charge in [-0.1, -0.05) is 29.3 Å². The number of benzene rings is 2. The van der Waals surface area contributed by atoms with Crippen LogP contribution in [0.1, 0.15) is 16.1 Å². The Labute approximate surface area is 161 Å². The van der Waals surface area contributed by atoms with Crippen LogP contribution >= 0.6 is 39.1 Å². The molecule has 3 aromatic rings. The molecule has 4 rings (SSSR count). The topological polar surface area (TPSA) is 50.5 Å². The Morgan fingerprint density at radius 3 is 2.68 bits per heavy atom. The van der Waals surface area contributed by atoms with Crippen molar-refractivity contribution in [2.24, 2.45) is 0 Å². The number of carbonyl (C=O) groups is 1. The summed E-state index contributed by atoms with van der Waals surface area (Å²) < 4.78 is 6.45. The minimum Gasteiger partial charge on any atom is -0.449 e. The molecule has 0 bridgehead atoms. The van der Waals surface area contributed by atoms with Crippen molar-refractivity contribution < 1.29 is 9.21 Å². The monoisotopic (exact) mass is 437 g/mol. The zero-order chi connectivity index (χ0) is 17.7. The van der Waals surface area contributed by atoms with Crippen molar-refractivity contribution >= 4 is 61.7 Å². The van der Waals surface area contributed by atoms with Crippen LogP contribution in [0.5, 0.6) is 0 Å². The molecule has 0 radical (unpaired) electrons. The molecule has 7 heteroatoms. The summed E-state index contributed by atoms with van der Waals surface area (Å²) in [6.07, 6.45) is 0.404. The first-order valence-corrected chi connectivity index (χ1v) is 9.03. The van der Waals surface area contributed by atoms with Crippen molar-refractivity contribution in [1.82, 2.24) is 0 Å². The summed E-state index contributed by atoms with van der Waals surface area (Å²) in [6, 6.07) is 10.1. The second-order valence-electron chi connectivity index (χ2n) is 5.66. The Morgan fingerprint density at radius 1 is 1.12 bits per heavy atom. The molecule has 0 unspecified atom stereocenters. The van der Waals surface area contributed by atoms with Gasteiger partial charge in [-0.15, -0.1) is 0 Å². The van der Waals surface area contributed by atoms with Crippen LogP contribution in [-0.2, 0) is 6.42 Å². The molecule has 1 amide bonds. The van der Waals surface area contributed by atoms with E-state index in [0.717, 1.165) is 0 Å². The van der Waals surface area contributed by atoms with Gasteiger partial charge in [-0.05, 0) is 52.7 Å². The lowest BCUT2D eigenvalue weighted by Gasteiger charge is -2.28. The van der Waals surface area contributed by atoms with E-state index in [0.29, 0.717) is 44.1 Å². The van der Waals surface area contributed by atoms with E-state index in [9.17, 15) is 9.59 Å². The summed E-state index contributed by atoms with van der Waals surface area (Å²) in [4.78, 5) is 27.2. The lowest BCUT2D eigenvalue weighted by molar-refractivity contribution is 0.0952. The molecule has 4 nitrogen and oxygen atoms in total. The van der Waals surface area contributed by atoms with Gasteiger partial charge in [-0.2, -0.15) is 0 Å². The first-order chi connectivity index (χ1) is 12.0. The van der Waals surface area contributed by atoms with Crippen molar-refractivity contribution in [3.05, 3.63) is 72.5 Å². The third kappa shape index (κ3) is 2.67. The highest BCUT2D eigenvalue weighted by Gasteiger charge is 2.32. The highest BCUT2D eigenvalue weighted by atomic mass is 79.9. The van der Waals surface area contributed by atoms with Crippen LogP contribution in [0.25, 0.3) is 11.0 Å². The molecule has 1 aliphatic rings. The number of carbonyl (C=O) groups excluding carboxylic acids is 1. The van der Waals surface area contributed by atoms with Crippen LogP contribution in [0.2, 0.25) is 10.0 Å². The fourth-order valence-electron chi connectivity index (χ4n) is 3.00. The molecular formula is C18H10BrCl2NO3. The van der Waals surface area contributed by atoms with E-state index in [1.807, 2.05) is 0 Å². The van der Waals surface area contributed by atoms with Gasteiger partial charge in [0.05, 0.1) is 21.7 Å². The average Bonchev–Trinajstić information content (AvgIpc) is 2.58. The summed E-state index contributed by atoms with van der Waals surface area (Å²) in [5.41, 5.74) is 1.09. The molecule has 0 saturated heterocycles. The minimum absolute atomic E-state index is 0.0405. The van der Waals surface area contributed by atoms with Crippen LogP contribution < -0.4 is 10.3 Å². The predicted octanol–water partition coefficient (Wildman–Crippen LogP) is 5.07. The van der Waals surface area contributed by atoms with Gasteiger partial charge in [-0.25, -0.2) is 0 Å². The highest BCUT2D eigenvalue weighted by molar-refractivity contribution is 9.10. The molecule has 0 atom stereocenters. The molecule has 2 aromatic carbocycles. The largest absolute Gasteiger partial charge is 0.449 e. The summed E-state index contributed by atoms with van der Waals surface area (Å²) >= 11 is 15.5. The number of hydrogen-bond acceptors (Lipinski definition) is 3. The predicted molar refractivity (Wildman–Crippen MR) is 102 cm³/mol. The summed E-state index contributed by atoms with van der Waals surface area (Å²) in [5.74, 6) is -0.332. The number of para-hydroxylation sites is 1. The van der Waals surface area contributed by atoms with Crippen LogP contribution in [0.4, 0.5) is 5.69 Å². The molecule has 0 N–H and O–H groups in total. The van der Waals surface area contributed by atoms with Gasteiger partial charge in [0.1, 0.15) is 0 Å². The highest BCUT2D eigenvalue weighted by Crippen LogP contribution is 2.33. The Bertz CT molecular complexity index is 1090. The van der Waals surface area contributed by atoms with E-state index in [4.69, 9.17) is 27.6 Å². The standard InChI is InChI=1S/C18H10BrCl2NO3/c19-12-8-9(20)4-5-14(12)22-7-6-11-15(23)10-2-1-3-13(21)16(10)25-17(11)18(22)24/h1-5,8H,6-7H2. The van der Waals surface area contributed by atoms with E-state index < -0.39 is 0 Å². The van der Waals surface area contributed by atoms with Crippen molar-refractivity contribution in [2.75, 3.05) is 11.4 Å². The summed E-state index contributed by atoms with van der Waals surface area (Å²) in [7, 11) is 0. The summed E-state index contributed by atoms with van der Waals surface area (Å²) in [5, 5.41) is 1.25. The molecule has 0 fully saturated rings. The third-order valence-corrected chi connectivity index (χ3v) is 5.36. The second-order valence-corrected chi connectivity index (χ2v) is 7.36. The molecule has 0 spiro atoms. The van der Waals surface area contributed by atoms with Gasteiger partial charge in [-0.3, -0.25) is 9.59 Å². The first kappa shape index (κ1) is 16.6. The number of fused-ring (bicyclic) bond motifs is 2. The van der Waals surface area contributed by atoms with Gasteiger partial charge >= 0.3 is 0 Å². The third-order valence-electron chi connectivity index (χ3n) is 4.19. The first-order valence-electron chi connectivity index (χ1n) is 7.48. The van der Waals surface area contributed by atoms with Gasteiger partial charge < -0.3 is 9.32 Å². The fraction of sp³-hybridized carbons (Fsp3) is 0.111. The molecule has 25 heavy (non-hydrogen) atoms. The van der Waals surface area contributed by atoms with Crippen LogP contribution in [0, 0.1) is 0 Å². The average molecular weight is 439 g/mol. The smallest absolute Gasteiger partial charge is 0.294 e. The minimum atomic E-state index is -0.372. The van der Waals surface area contributed by atoms with E-state index >= 15 is 0 Å². The zero-order valence-electron chi connectivity index (χ0n) is 12.7. The molecule has 0 aliphatic carbocycles. The van der Waals surface area contributed by atoms with Crippen molar-refractivity contribution in [3.8, 4) is 0 Å². The van der Waals surface area contributed by atoms with Gasteiger partial charge in [0.15, 0.2) is 16.8 Å². The molecule has 126 valence electrons. The maximum atomic E-state index is 13.0. The Hall–Kier alpha value is -1.82. The Balaban J connectivity index is 1.89. The number of hydrogen-bond donors (Lipinski definition) is 0. The Morgan fingerprint density at radius 2 is 1.92 bits per heavy atom.